The maximum Gasteiger partial charge on any atom is 0.319 e. The van der Waals surface area contributed by atoms with Crippen molar-refractivity contribution in [2.45, 2.75) is 12.5 Å². The summed E-state index contributed by atoms with van der Waals surface area (Å²) in [6, 6.07) is 13.9. The zero-order valence-corrected chi connectivity index (χ0v) is 14.7. The van der Waals surface area contributed by atoms with E-state index < -0.39 is 0 Å². The number of hydrogen-bond donors (Lipinski definition) is 2. The Kier molecular flexibility index (Phi) is 5.26. The molecule has 2 aromatic rings. The van der Waals surface area contributed by atoms with Crippen LogP contribution in [0.3, 0.4) is 0 Å². The minimum atomic E-state index is -0.370. The first-order valence-corrected chi connectivity index (χ1v) is 8.25. The summed E-state index contributed by atoms with van der Waals surface area (Å²) >= 11 is 0. The molecule has 1 atom stereocenters. The van der Waals surface area contributed by atoms with Gasteiger partial charge in [0.15, 0.2) is 11.5 Å². The van der Waals surface area contributed by atoms with Gasteiger partial charge in [-0.25, -0.2) is 4.79 Å². The molecule has 0 aliphatic carbocycles. The Morgan fingerprint density at radius 2 is 1.81 bits per heavy atom. The summed E-state index contributed by atoms with van der Waals surface area (Å²) in [5.74, 6) is 1.10. The average molecular weight is 355 g/mol. The monoisotopic (exact) mass is 355 g/mol. The summed E-state index contributed by atoms with van der Waals surface area (Å²) in [5, 5.41) is 5.59. The van der Waals surface area contributed by atoms with Crippen molar-refractivity contribution in [2.75, 3.05) is 31.0 Å². The van der Waals surface area contributed by atoms with Gasteiger partial charge >= 0.3 is 6.03 Å². The summed E-state index contributed by atoms with van der Waals surface area (Å²) in [6.45, 7) is 0.447. The predicted molar refractivity (Wildman–Crippen MR) is 98.9 cm³/mol. The normalized spacial score (nSPS) is 16.3. The lowest BCUT2D eigenvalue weighted by molar-refractivity contribution is -0.117. The molecule has 3 rings (SSSR count). The molecule has 0 spiro atoms. The second kappa shape index (κ2) is 7.77. The highest BCUT2D eigenvalue weighted by atomic mass is 16.5. The molecule has 2 aromatic carbocycles. The number of para-hydroxylation sites is 1. The number of nitrogens with one attached hydrogen (secondary N) is 2. The van der Waals surface area contributed by atoms with Crippen molar-refractivity contribution in [1.82, 2.24) is 5.32 Å². The van der Waals surface area contributed by atoms with Crippen molar-refractivity contribution in [2.24, 2.45) is 0 Å². The zero-order chi connectivity index (χ0) is 18.5. The zero-order valence-electron chi connectivity index (χ0n) is 14.7. The lowest BCUT2D eigenvalue weighted by atomic mass is 10.2. The number of amides is 3. The van der Waals surface area contributed by atoms with Crippen LogP contribution in [0.25, 0.3) is 0 Å². The maximum absolute atomic E-state index is 12.2. The first-order valence-electron chi connectivity index (χ1n) is 8.25. The first kappa shape index (κ1) is 17.6. The highest BCUT2D eigenvalue weighted by Gasteiger charge is 2.31. The van der Waals surface area contributed by atoms with Gasteiger partial charge in [0.05, 0.1) is 20.3 Å². The number of anilines is 2. The van der Waals surface area contributed by atoms with E-state index in [1.54, 1.807) is 30.2 Å². The lowest BCUT2D eigenvalue weighted by Gasteiger charge is -2.17. The molecule has 7 heteroatoms. The Morgan fingerprint density at radius 1 is 1.08 bits per heavy atom. The fraction of sp³-hybridized carbons (Fsp3) is 0.263. The van der Waals surface area contributed by atoms with E-state index in [4.69, 9.17) is 9.47 Å². The Labute approximate surface area is 151 Å². The summed E-state index contributed by atoms with van der Waals surface area (Å²) in [5.41, 5.74) is 1.41. The van der Waals surface area contributed by atoms with Crippen molar-refractivity contribution in [3.05, 3.63) is 48.5 Å². The number of urea groups is 1. The Balaban J connectivity index is 1.60. The van der Waals surface area contributed by atoms with Crippen LogP contribution in [0.15, 0.2) is 48.5 Å². The van der Waals surface area contributed by atoms with Gasteiger partial charge in [-0.2, -0.15) is 0 Å². The molecular weight excluding hydrogens is 334 g/mol. The highest BCUT2D eigenvalue weighted by Crippen LogP contribution is 2.29. The molecule has 136 valence electrons. The van der Waals surface area contributed by atoms with Crippen molar-refractivity contribution >= 4 is 23.3 Å². The van der Waals surface area contributed by atoms with Gasteiger partial charge < -0.3 is 25.0 Å². The maximum atomic E-state index is 12.2. The van der Waals surface area contributed by atoms with Crippen LogP contribution in [0.2, 0.25) is 0 Å². The van der Waals surface area contributed by atoms with Gasteiger partial charge in [0.2, 0.25) is 5.91 Å². The third kappa shape index (κ3) is 3.88. The first-order chi connectivity index (χ1) is 12.6. The minimum Gasteiger partial charge on any atom is -0.493 e. The highest BCUT2D eigenvalue weighted by molar-refractivity contribution is 5.97. The SMILES string of the molecule is COc1ccc(NC(=O)N[C@@H]2CC(=O)N(c3ccccc3)C2)cc1OC. The van der Waals surface area contributed by atoms with Crippen molar-refractivity contribution in [3.63, 3.8) is 0 Å². The summed E-state index contributed by atoms with van der Waals surface area (Å²) < 4.78 is 10.4. The van der Waals surface area contributed by atoms with E-state index in [2.05, 4.69) is 10.6 Å². The van der Waals surface area contributed by atoms with Crippen LogP contribution in [0, 0.1) is 0 Å². The molecule has 3 amide bonds. The van der Waals surface area contributed by atoms with Gasteiger partial charge in [0.1, 0.15) is 0 Å². The molecule has 26 heavy (non-hydrogen) atoms. The molecule has 2 N–H and O–H groups in total. The second-order valence-electron chi connectivity index (χ2n) is 5.91. The molecule has 0 aromatic heterocycles. The number of rotatable bonds is 5. The van der Waals surface area contributed by atoms with Crippen LogP contribution in [0.1, 0.15) is 6.42 Å². The van der Waals surface area contributed by atoms with Crippen LogP contribution >= 0.6 is 0 Å². The molecule has 1 saturated heterocycles. The Bertz CT molecular complexity index is 795. The lowest BCUT2D eigenvalue weighted by Crippen LogP contribution is -2.39. The molecule has 0 unspecified atom stereocenters. The molecule has 7 nitrogen and oxygen atoms in total. The number of benzene rings is 2. The molecule has 1 fully saturated rings. The Morgan fingerprint density at radius 3 is 2.50 bits per heavy atom. The van der Waals surface area contributed by atoms with Gasteiger partial charge in [-0.1, -0.05) is 18.2 Å². The van der Waals surface area contributed by atoms with E-state index >= 15 is 0 Å². The topological polar surface area (TPSA) is 79.9 Å². The second-order valence-corrected chi connectivity index (χ2v) is 5.91. The van der Waals surface area contributed by atoms with Gasteiger partial charge in [0.25, 0.3) is 0 Å². The fourth-order valence-electron chi connectivity index (χ4n) is 2.93. The molecule has 0 bridgehead atoms. The number of nitrogens with zero attached hydrogens (tertiary/aromatic N) is 1. The standard InChI is InChI=1S/C19H21N3O4/c1-25-16-9-8-13(10-17(16)26-2)20-19(24)21-14-11-18(23)22(12-14)15-6-4-3-5-7-15/h3-10,14H,11-12H2,1-2H3,(H2,20,21,24)/t14-/m1/s1. The smallest absolute Gasteiger partial charge is 0.319 e. The molecular formula is C19H21N3O4. The third-order valence-electron chi connectivity index (χ3n) is 4.17. The third-order valence-corrected chi connectivity index (χ3v) is 4.17. The van der Waals surface area contributed by atoms with Gasteiger partial charge in [-0.15, -0.1) is 0 Å². The van der Waals surface area contributed by atoms with Crippen LogP contribution in [0.4, 0.5) is 16.2 Å². The van der Waals surface area contributed by atoms with E-state index in [9.17, 15) is 9.59 Å². The van der Waals surface area contributed by atoms with Gasteiger partial charge in [-0.3, -0.25) is 4.79 Å². The van der Waals surface area contributed by atoms with E-state index in [-0.39, 0.29) is 24.4 Å². The van der Waals surface area contributed by atoms with E-state index in [1.807, 2.05) is 30.3 Å². The molecule has 0 radical (unpaired) electrons. The van der Waals surface area contributed by atoms with Crippen LogP contribution < -0.4 is 25.0 Å². The average Bonchev–Trinajstić information content (AvgIpc) is 3.02. The van der Waals surface area contributed by atoms with Crippen molar-refractivity contribution in [3.8, 4) is 11.5 Å². The van der Waals surface area contributed by atoms with Crippen LogP contribution in [0.5, 0.6) is 11.5 Å². The number of methoxy groups -OCH3 is 2. The minimum absolute atomic E-state index is 0.00684. The number of ether oxygens (including phenoxy) is 2. The summed E-state index contributed by atoms with van der Waals surface area (Å²) in [6.07, 6.45) is 0.272. The Hall–Kier alpha value is -3.22. The number of carbonyl (C=O) groups excluding carboxylic acids is 2. The number of hydrogen-bond acceptors (Lipinski definition) is 4. The predicted octanol–water partition coefficient (Wildman–Crippen LogP) is 2.63. The van der Waals surface area contributed by atoms with E-state index in [0.29, 0.717) is 23.7 Å². The fourth-order valence-corrected chi connectivity index (χ4v) is 2.93. The van der Waals surface area contributed by atoms with Crippen LogP contribution in [-0.2, 0) is 4.79 Å². The largest absolute Gasteiger partial charge is 0.493 e. The van der Waals surface area contributed by atoms with E-state index in [0.717, 1.165) is 5.69 Å². The molecule has 1 aliphatic heterocycles. The number of carbonyl (C=O) groups is 2. The van der Waals surface area contributed by atoms with Gasteiger partial charge in [-0.05, 0) is 24.3 Å². The van der Waals surface area contributed by atoms with Gasteiger partial charge in [0, 0.05) is 30.4 Å². The van der Waals surface area contributed by atoms with Crippen molar-refractivity contribution < 1.29 is 19.1 Å². The van der Waals surface area contributed by atoms with Crippen molar-refractivity contribution in [1.29, 1.82) is 0 Å². The molecule has 1 heterocycles. The quantitative estimate of drug-likeness (QED) is 0.864. The molecule has 1 aliphatic rings. The summed E-state index contributed by atoms with van der Waals surface area (Å²) in [7, 11) is 3.08. The van der Waals surface area contributed by atoms with E-state index in [1.165, 1.54) is 7.11 Å². The molecule has 0 saturated carbocycles. The van der Waals surface area contributed by atoms with Crippen LogP contribution in [-0.4, -0.2) is 38.7 Å². The summed E-state index contributed by atoms with van der Waals surface area (Å²) in [4.78, 5) is 26.1.